The van der Waals surface area contributed by atoms with Gasteiger partial charge in [0, 0.05) is 29.8 Å². The number of hydrogen-bond acceptors (Lipinski definition) is 4. The molecule has 34 heavy (non-hydrogen) atoms. The number of amides is 3. The molecule has 10 heteroatoms. The molecule has 0 saturated carbocycles. The van der Waals surface area contributed by atoms with Crippen LogP contribution in [0.4, 0.5) is 4.39 Å². The van der Waals surface area contributed by atoms with Gasteiger partial charge in [-0.3, -0.25) is 14.4 Å². The Hall–Kier alpha value is -2.75. The molecule has 3 rings (SSSR count). The highest BCUT2D eigenvalue weighted by Gasteiger charge is 2.40. The van der Waals surface area contributed by atoms with Gasteiger partial charge in [-0.2, -0.15) is 0 Å². The number of carbonyl (C=O) groups excluding carboxylic acids is 3. The number of piperidine rings is 1. The molecule has 0 bridgehead atoms. The van der Waals surface area contributed by atoms with Crippen molar-refractivity contribution in [3.05, 3.63) is 75.0 Å². The summed E-state index contributed by atoms with van der Waals surface area (Å²) in [6.45, 7) is 1.60. The third kappa shape index (κ3) is 7.12. The van der Waals surface area contributed by atoms with E-state index < -0.39 is 17.3 Å². The van der Waals surface area contributed by atoms with Gasteiger partial charge in [0.1, 0.15) is 11.4 Å². The normalized spacial score (nSPS) is 15.0. The van der Waals surface area contributed by atoms with Crippen LogP contribution in [0.1, 0.15) is 28.8 Å². The average Bonchev–Trinajstić information content (AvgIpc) is 2.83. The largest absolute Gasteiger partial charge is 0.352 e. The Morgan fingerprint density at radius 3 is 2.41 bits per heavy atom. The third-order valence-electron chi connectivity index (χ3n) is 5.43. The summed E-state index contributed by atoms with van der Waals surface area (Å²) in [5.74, 6) is -1.39. The molecule has 1 aliphatic heterocycles. The maximum absolute atomic E-state index is 13.4. The fraction of sp³-hybridized carbons (Fsp3) is 0.292. The van der Waals surface area contributed by atoms with E-state index in [9.17, 15) is 18.8 Å². The zero-order valence-corrected chi connectivity index (χ0v) is 20.6. The van der Waals surface area contributed by atoms with Gasteiger partial charge in [0.05, 0.1) is 4.47 Å². The van der Waals surface area contributed by atoms with Gasteiger partial charge in [0.2, 0.25) is 11.8 Å². The van der Waals surface area contributed by atoms with Crippen LogP contribution >= 0.6 is 27.5 Å². The molecule has 1 saturated heterocycles. The molecular formula is C24H25BrClFN4O3. The fourth-order valence-corrected chi connectivity index (χ4v) is 4.07. The first-order valence-electron chi connectivity index (χ1n) is 10.8. The number of rotatable bonds is 8. The summed E-state index contributed by atoms with van der Waals surface area (Å²) in [5.41, 5.74) is 0.0532. The second kappa shape index (κ2) is 12.1. The zero-order chi connectivity index (χ0) is 24.6. The molecule has 2 aromatic rings. The molecular weight excluding hydrogens is 527 g/mol. The van der Waals surface area contributed by atoms with E-state index in [1.54, 1.807) is 42.5 Å². The molecule has 1 fully saturated rings. The Morgan fingerprint density at radius 1 is 1.06 bits per heavy atom. The van der Waals surface area contributed by atoms with Crippen LogP contribution in [0, 0.1) is 5.82 Å². The molecule has 0 atom stereocenters. The van der Waals surface area contributed by atoms with Gasteiger partial charge in [0.25, 0.3) is 5.91 Å². The van der Waals surface area contributed by atoms with Crippen LogP contribution in [-0.4, -0.2) is 49.4 Å². The molecule has 2 aromatic carbocycles. The van der Waals surface area contributed by atoms with Crippen LogP contribution in [0.25, 0.3) is 6.08 Å². The summed E-state index contributed by atoms with van der Waals surface area (Å²) >= 11 is 8.94. The number of nitrogens with one attached hydrogen (secondary N) is 4. The van der Waals surface area contributed by atoms with Gasteiger partial charge in [-0.1, -0.05) is 17.7 Å². The van der Waals surface area contributed by atoms with E-state index in [-0.39, 0.29) is 24.9 Å². The second-order valence-corrected chi connectivity index (χ2v) is 9.14. The quantitative estimate of drug-likeness (QED) is 0.299. The van der Waals surface area contributed by atoms with E-state index in [0.29, 0.717) is 46.6 Å². The lowest BCUT2D eigenvalue weighted by molar-refractivity contribution is -0.133. The topological polar surface area (TPSA) is 99.3 Å². The Kier molecular flexibility index (Phi) is 9.20. The maximum atomic E-state index is 13.4. The summed E-state index contributed by atoms with van der Waals surface area (Å²) in [6.07, 6.45) is 3.73. The van der Waals surface area contributed by atoms with Crippen molar-refractivity contribution in [3.63, 3.8) is 0 Å². The molecule has 0 unspecified atom stereocenters. The van der Waals surface area contributed by atoms with Crippen molar-refractivity contribution in [2.24, 2.45) is 0 Å². The molecule has 1 aliphatic rings. The number of benzene rings is 2. The Balaban J connectivity index is 1.54. The van der Waals surface area contributed by atoms with Crippen molar-refractivity contribution >= 4 is 51.3 Å². The first-order valence-corrected chi connectivity index (χ1v) is 11.9. The summed E-state index contributed by atoms with van der Waals surface area (Å²) < 4.78 is 13.7. The molecule has 0 radical (unpaired) electrons. The number of halogens is 3. The zero-order valence-electron chi connectivity index (χ0n) is 18.3. The minimum absolute atomic E-state index is 0.211. The van der Waals surface area contributed by atoms with Crippen LogP contribution in [0.15, 0.2) is 53.0 Å². The molecule has 7 nitrogen and oxygen atoms in total. The molecule has 3 amide bonds. The van der Waals surface area contributed by atoms with Crippen LogP contribution in [0.5, 0.6) is 0 Å². The predicted molar refractivity (Wildman–Crippen MR) is 133 cm³/mol. The fourth-order valence-electron chi connectivity index (χ4n) is 3.55. The van der Waals surface area contributed by atoms with Gasteiger partial charge >= 0.3 is 0 Å². The summed E-state index contributed by atoms with van der Waals surface area (Å²) in [7, 11) is 0. The van der Waals surface area contributed by atoms with E-state index in [1.165, 1.54) is 12.1 Å². The van der Waals surface area contributed by atoms with Crippen molar-refractivity contribution < 1.29 is 18.8 Å². The molecule has 180 valence electrons. The predicted octanol–water partition coefficient (Wildman–Crippen LogP) is 3.04. The lowest BCUT2D eigenvalue weighted by atomic mass is 9.87. The standard InChI is InChI=1S/C24H25BrClFN4O3/c25-19-15-16(1-7-20(19)27)2-8-21(32)31-24(9-11-28-12-10-24)23(34)30-14-13-29-22(33)17-3-5-18(26)6-4-17/h1-8,15,28H,9-14H2,(H,29,33)(H,30,34)(H,31,32)/b8-2+. The van der Waals surface area contributed by atoms with Crippen molar-refractivity contribution in [2.75, 3.05) is 26.2 Å². The maximum Gasteiger partial charge on any atom is 0.251 e. The average molecular weight is 552 g/mol. The summed E-state index contributed by atoms with van der Waals surface area (Å²) in [6, 6.07) is 10.9. The van der Waals surface area contributed by atoms with Crippen molar-refractivity contribution in [2.45, 2.75) is 18.4 Å². The number of hydrogen-bond donors (Lipinski definition) is 4. The SMILES string of the molecule is O=C(/C=C/c1ccc(F)c(Br)c1)NC1(C(=O)NCCNC(=O)c2ccc(Cl)cc2)CCNCC1. The van der Waals surface area contributed by atoms with E-state index in [1.807, 2.05) is 0 Å². The third-order valence-corrected chi connectivity index (χ3v) is 6.29. The van der Waals surface area contributed by atoms with Crippen molar-refractivity contribution in [3.8, 4) is 0 Å². The highest BCUT2D eigenvalue weighted by Crippen LogP contribution is 2.20. The van der Waals surface area contributed by atoms with E-state index in [0.717, 1.165) is 0 Å². The van der Waals surface area contributed by atoms with Crippen molar-refractivity contribution in [1.82, 2.24) is 21.3 Å². The van der Waals surface area contributed by atoms with Gasteiger partial charge < -0.3 is 21.3 Å². The highest BCUT2D eigenvalue weighted by atomic mass is 79.9. The van der Waals surface area contributed by atoms with Crippen LogP contribution in [-0.2, 0) is 9.59 Å². The lowest BCUT2D eigenvalue weighted by Gasteiger charge is -2.36. The van der Waals surface area contributed by atoms with E-state index >= 15 is 0 Å². The Labute approximate surface area is 210 Å². The Morgan fingerprint density at radius 2 is 1.74 bits per heavy atom. The minimum Gasteiger partial charge on any atom is -0.352 e. The van der Waals surface area contributed by atoms with Crippen LogP contribution in [0.3, 0.4) is 0 Å². The Bertz CT molecular complexity index is 1070. The smallest absolute Gasteiger partial charge is 0.251 e. The second-order valence-electron chi connectivity index (χ2n) is 7.85. The molecule has 0 spiro atoms. The highest BCUT2D eigenvalue weighted by molar-refractivity contribution is 9.10. The summed E-state index contributed by atoms with van der Waals surface area (Å²) in [5, 5.41) is 12.1. The minimum atomic E-state index is -1.06. The first kappa shape index (κ1) is 25.9. The lowest BCUT2D eigenvalue weighted by Crippen LogP contribution is -2.63. The monoisotopic (exact) mass is 550 g/mol. The number of carbonyl (C=O) groups is 3. The van der Waals surface area contributed by atoms with Gasteiger partial charge in [-0.05, 0) is 89.9 Å². The molecule has 4 N–H and O–H groups in total. The van der Waals surface area contributed by atoms with Crippen molar-refractivity contribution in [1.29, 1.82) is 0 Å². The van der Waals surface area contributed by atoms with Crippen LogP contribution in [0.2, 0.25) is 5.02 Å². The first-order chi connectivity index (χ1) is 16.3. The van der Waals surface area contributed by atoms with Gasteiger partial charge in [0.15, 0.2) is 0 Å². The van der Waals surface area contributed by atoms with Gasteiger partial charge in [-0.25, -0.2) is 4.39 Å². The molecule has 0 aromatic heterocycles. The molecule has 1 heterocycles. The van der Waals surface area contributed by atoms with E-state index in [4.69, 9.17) is 11.6 Å². The van der Waals surface area contributed by atoms with Crippen LogP contribution < -0.4 is 21.3 Å². The van der Waals surface area contributed by atoms with Gasteiger partial charge in [-0.15, -0.1) is 0 Å². The molecule has 0 aliphatic carbocycles. The summed E-state index contributed by atoms with van der Waals surface area (Å²) in [4.78, 5) is 37.8. The van der Waals surface area contributed by atoms with E-state index in [2.05, 4.69) is 37.2 Å².